The SMILES string of the molecule is O[N+](O)(O)CCCF. The lowest BCUT2D eigenvalue weighted by Crippen LogP contribution is -2.38. The van der Waals surface area contributed by atoms with Crippen molar-refractivity contribution in [1.82, 2.24) is 0 Å². The van der Waals surface area contributed by atoms with E-state index >= 15 is 0 Å². The monoisotopic (exact) mass is 126 g/mol. The highest BCUT2D eigenvalue weighted by atomic mass is 19.1. The highest BCUT2D eigenvalue weighted by molar-refractivity contribution is 4.23. The molecule has 0 atom stereocenters. The summed E-state index contributed by atoms with van der Waals surface area (Å²) in [5.74, 6) is 0. The Morgan fingerprint density at radius 3 is 1.88 bits per heavy atom. The molecule has 0 aromatic carbocycles. The van der Waals surface area contributed by atoms with Crippen LogP contribution in [0.1, 0.15) is 6.42 Å². The highest BCUT2D eigenvalue weighted by Crippen LogP contribution is 1.90. The van der Waals surface area contributed by atoms with Crippen LogP contribution in [-0.2, 0) is 0 Å². The molecular weight excluding hydrogens is 117 g/mol. The quantitative estimate of drug-likeness (QED) is 0.377. The van der Waals surface area contributed by atoms with E-state index in [2.05, 4.69) is 0 Å². The Bertz CT molecular complexity index is 62.0. The molecule has 0 amide bonds. The first-order valence-corrected chi connectivity index (χ1v) is 2.18. The number of quaternary nitrogens is 1. The van der Waals surface area contributed by atoms with Crippen LogP contribution in [0.3, 0.4) is 0 Å². The lowest BCUT2D eigenvalue weighted by Gasteiger charge is -2.08. The van der Waals surface area contributed by atoms with Gasteiger partial charge in [-0.1, -0.05) is 0 Å². The summed E-state index contributed by atoms with van der Waals surface area (Å²) < 4.78 is 11.2. The molecule has 0 aromatic heterocycles. The van der Waals surface area contributed by atoms with Gasteiger partial charge in [0, 0.05) is 6.42 Å². The second-order valence-electron chi connectivity index (χ2n) is 1.46. The van der Waals surface area contributed by atoms with Gasteiger partial charge in [0.15, 0.2) is 6.54 Å². The van der Waals surface area contributed by atoms with Gasteiger partial charge in [0.1, 0.15) is 0 Å². The van der Waals surface area contributed by atoms with Crippen LogP contribution in [0.25, 0.3) is 0 Å². The van der Waals surface area contributed by atoms with Gasteiger partial charge in [0.2, 0.25) is 0 Å². The molecule has 0 unspecified atom stereocenters. The maximum atomic E-state index is 11.2. The van der Waals surface area contributed by atoms with Gasteiger partial charge in [-0.3, -0.25) is 4.39 Å². The fourth-order valence-electron chi connectivity index (χ4n) is 0.272. The summed E-state index contributed by atoms with van der Waals surface area (Å²) in [5.41, 5.74) is 0. The second-order valence-corrected chi connectivity index (χ2v) is 1.46. The van der Waals surface area contributed by atoms with E-state index in [0.29, 0.717) is 0 Å². The fraction of sp³-hybridized carbons (Fsp3) is 1.00. The van der Waals surface area contributed by atoms with E-state index in [0.717, 1.165) is 0 Å². The standard InChI is InChI=1S/C3H9FNO3/c4-2-1-3-5(6,7)8/h6-8H,1-3H2/q+1. The molecule has 0 rings (SSSR count). The van der Waals surface area contributed by atoms with Crippen molar-refractivity contribution in [2.24, 2.45) is 0 Å². The summed E-state index contributed by atoms with van der Waals surface area (Å²) in [4.78, 5) is -2.13. The maximum absolute atomic E-state index is 11.2. The highest BCUT2D eigenvalue weighted by Gasteiger charge is 2.16. The molecule has 0 aliphatic rings. The molecule has 0 radical (unpaired) electrons. The second kappa shape index (κ2) is 2.93. The summed E-state index contributed by atoms with van der Waals surface area (Å²) in [6.07, 6.45) is -0.0660. The van der Waals surface area contributed by atoms with E-state index < -0.39 is 18.2 Å². The lowest BCUT2D eigenvalue weighted by molar-refractivity contribution is -1.37. The van der Waals surface area contributed by atoms with E-state index in [-0.39, 0.29) is 6.42 Å². The molecule has 0 aliphatic heterocycles. The molecule has 0 heterocycles. The molecule has 3 N–H and O–H groups in total. The van der Waals surface area contributed by atoms with E-state index in [1.54, 1.807) is 0 Å². The molecule has 0 aromatic rings. The van der Waals surface area contributed by atoms with E-state index in [9.17, 15) is 4.39 Å². The molecule has 0 saturated carbocycles. The third-order valence-electron chi connectivity index (χ3n) is 0.592. The minimum absolute atomic E-state index is 0.0660. The van der Waals surface area contributed by atoms with Gasteiger partial charge in [0.05, 0.1) is 11.6 Å². The van der Waals surface area contributed by atoms with Crippen LogP contribution < -0.4 is 0 Å². The van der Waals surface area contributed by atoms with Crippen LogP contribution in [-0.4, -0.2) is 33.8 Å². The Kier molecular flexibility index (Phi) is 2.85. The van der Waals surface area contributed by atoms with Crippen LogP contribution in [0.2, 0.25) is 0 Å². The Labute approximate surface area is 45.8 Å². The molecule has 8 heavy (non-hydrogen) atoms. The van der Waals surface area contributed by atoms with Gasteiger partial charge < -0.3 is 0 Å². The van der Waals surface area contributed by atoms with Crippen molar-refractivity contribution in [2.45, 2.75) is 6.42 Å². The van der Waals surface area contributed by atoms with Crippen molar-refractivity contribution in [3.63, 3.8) is 0 Å². The predicted molar refractivity (Wildman–Crippen MR) is 21.1 cm³/mol. The number of halogens is 1. The zero-order chi connectivity index (χ0) is 6.62. The molecular formula is C3H9FNO3+. The summed E-state index contributed by atoms with van der Waals surface area (Å²) in [5, 5.41) is 24.1. The van der Waals surface area contributed by atoms with Crippen molar-refractivity contribution in [2.75, 3.05) is 13.2 Å². The van der Waals surface area contributed by atoms with Crippen LogP contribution >= 0.6 is 0 Å². The molecule has 0 saturated heterocycles. The van der Waals surface area contributed by atoms with Crippen molar-refractivity contribution < 1.29 is 25.0 Å². The summed E-state index contributed by atoms with van der Waals surface area (Å²) in [6, 6.07) is 0. The normalized spacial score (nSPS) is 12.0. The van der Waals surface area contributed by atoms with Crippen LogP contribution in [0.15, 0.2) is 0 Å². The molecule has 0 fully saturated rings. The molecule has 4 nitrogen and oxygen atoms in total. The van der Waals surface area contributed by atoms with Gasteiger partial charge in [-0.25, -0.2) is 0 Å². The zero-order valence-corrected chi connectivity index (χ0v) is 4.29. The Balaban J connectivity index is 3.11. The molecule has 50 valence electrons. The van der Waals surface area contributed by atoms with Crippen molar-refractivity contribution in [3.05, 3.63) is 0 Å². The number of nitrogens with zero attached hydrogens (tertiary/aromatic N) is 1. The molecule has 0 spiro atoms. The maximum Gasteiger partial charge on any atom is 0.180 e. The minimum Gasteiger partial charge on any atom is -0.251 e. The first kappa shape index (κ1) is 7.77. The van der Waals surface area contributed by atoms with Gasteiger partial charge in [-0.2, -0.15) is 0 Å². The number of rotatable bonds is 3. The fourth-order valence-corrected chi connectivity index (χ4v) is 0.272. The third kappa shape index (κ3) is 5.77. The van der Waals surface area contributed by atoms with Crippen molar-refractivity contribution in [3.8, 4) is 0 Å². The third-order valence-corrected chi connectivity index (χ3v) is 0.592. The van der Waals surface area contributed by atoms with Gasteiger partial charge in [-0.05, 0) is 0 Å². The molecule has 0 aliphatic carbocycles. The average Bonchev–Trinajstić information content (AvgIpc) is 1.59. The minimum atomic E-state index is -2.13. The Hall–Kier alpha value is -0.230. The zero-order valence-electron chi connectivity index (χ0n) is 4.29. The van der Waals surface area contributed by atoms with E-state index in [1.165, 1.54) is 0 Å². The topological polar surface area (TPSA) is 60.7 Å². The summed E-state index contributed by atoms with van der Waals surface area (Å²) >= 11 is 0. The number of hydroxylamine groups is 3. The average molecular weight is 126 g/mol. The number of hydrogen-bond donors (Lipinski definition) is 3. The summed E-state index contributed by atoms with van der Waals surface area (Å²) in [7, 11) is 0. The Morgan fingerprint density at radius 1 is 1.25 bits per heavy atom. The van der Waals surface area contributed by atoms with Crippen LogP contribution in [0.4, 0.5) is 4.39 Å². The van der Waals surface area contributed by atoms with Gasteiger partial charge >= 0.3 is 0 Å². The van der Waals surface area contributed by atoms with Crippen molar-refractivity contribution in [1.29, 1.82) is 0 Å². The van der Waals surface area contributed by atoms with Gasteiger partial charge in [-0.15, -0.1) is 15.6 Å². The summed E-state index contributed by atoms with van der Waals surface area (Å²) in [6.45, 7) is -1.07. The Morgan fingerprint density at radius 2 is 1.75 bits per heavy atom. The molecule has 5 heteroatoms. The molecule has 0 bridgehead atoms. The lowest BCUT2D eigenvalue weighted by atomic mass is 10.5. The first-order valence-electron chi connectivity index (χ1n) is 2.18. The number of hydrogen-bond acceptors (Lipinski definition) is 3. The smallest absolute Gasteiger partial charge is 0.180 e. The van der Waals surface area contributed by atoms with E-state index in [4.69, 9.17) is 15.6 Å². The van der Waals surface area contributed by atoms with E-state index in [1.807, 2.05) is 0 Å². The predicted octanol–water partition coefficient (Wildman–Crippen LogP) is 0.330. The van der Waals surface area contributed by atoms with Crippen LogP contribution in [0.5, 0.6) is 0 Å². The largest absolute Gasteiger partial charge is 0.251 e. The number of alkyl halides is 1. The van der Waals surface area contributed by atoms with Crippen molar-refractivity contribution >= 4 is 0 Å². The first-order chi connectivity index (χ1) is 3.56. The van der Waals surface area contributed by atoms with Gasteiger partial charge in [0.25, 0.3) is 0 Å². The van der Waals surface area contributed by atoms with Crippen LogP contribution in [0, 0.1) is 0 Å².